The largest absolute Gasteiger partial charge is 0.465 e. The fraction of sp³-hybridized carbons (Fsp3) is 0.0588. The van der Waals surface area contributed by atoms with Gasteiger partial charge in [0.25, 0.3) is 0 Å². The van der Waals surface area contributed by atoms with E-state index < -0.39 is 5.97 Å². The molecule has 140 valence electrons. The van der Waals surface area contributed by atoms with Crippen molar-refractivity contribution in [2.75, 3.05) is 7.11 Å². The summed E-state index contributed by atoms with van der Waals surface area (Å²) in [6.45, 7) is 0. The highest BCUT2D eigenvalue weighted by Gasteiger charge is 2.24. The van der Waals surface area contributed by atoms with Crippen LogP contribution in [0.15, 0.2) is 24.3 Å². The number of benzene rings is 2. The number of esters is 1. The smallest absolute Gasteiger partial charge is 0.350 e. The van der Waals surface area contributed by atoms with Crippen molar-refractivity contribution >= 4 is 86.9 Å². The highest BCUT2D eigenvalue weighted by Crippen LogP contribution is 2.43. The lowest BCUT2D eigenvalue weighted by Crippen LogP contribution is -2.00. The molecule has 0 saturated carbocycles. The number of methoxy groups -OCH3 is 1. The third kappa shape index (κ3) is 4.18. The van der Waals surface area contributed by atoms with Gasteiger partial charge in [-0.15, -0.1) is 11.3 Å². The van der Waals surface area contributed by atoms with Crippen LogP contribution in [0.2, 0.25) is 30.1 Å². The zero-order valence-corrected chi connectivity index (χ0v) is 18.6. The first-order valence-corrected chi connectivity index (χ1v) is 10.2. The monoisotopic (exact) mass is 499 g/mol. The molecule has 3 nitrogen and oxygen atoms in total. The van der Waals surface area contributed by atoms with Gasteiger partial charge in [-0.25, -0.2) is 9.78 Å². The van der Waals surface area contributed by atoms with E-state index in [2.05, 4.69) is 4.98 Å². The van der Waals surface area contributed by atoms with Gasteiger partial charge in [-0.3, -0.25) is 0 Å². The first kappa shape index (κ1) is 21.0. The van der Waals surface area contributed by atoms with Gasteiger partial charge in [0, 0.05) is 11.1 Å². The van der Waals surface area contributed by atoms with Gasteiger partial charge in [0.05, 0.1) is 42.9 Å². The molecule has 0 unspecified atom stereocenters. The molecule has 0 bridgehead atoms. The number of hydrogen-bond donors (Lipinski definition) is 0. The highest BCUT2D eigenvalue weighted by molar-refractivity contribution is 7.17. The van der Waals surface area contributed by atoms with Crippen molar-refractivity contribution in [1.29, 1.82) is 0 Å². The maximum absolute atomic E-state index is 12.3. The van der Waals surface area contributed by atoms with Gasteiger partial charge in [0.15, 0.2) is 0 Å². The fourth-order valence-corrected chi connectivity index (χ4v) is 4.60. The molecule has 0 aliphatic heterocycles. The predicted molar refractivity (Wildman–Crippen MR) is 114 cm³/mol. The van der Waals surface area contributed by atoms with Crippen LogP contribution in [0.4, 0.5) is 0 Å². The van der Waals surface area contributed by atoms with Crippen molar-refractivity contribution < 1.29 is 9.53 Å². The van der Waals surface area contributed by atoms with E-state index in [1.807, 2.05) is 0 Å². The Hall–Kier alpha value is -0.720. The summed E-state index contributed by atoms with van der Waals surface area (Å²) in [5, 5.41) is 2.23. The van der Waals surface area contributed by atoms with E-state index in [4.69, 9.17) is 74.3 Å². The minimum Gasteiger partial charge on any atom is -0.465 e. The Kier molecular flexibility index (Phi) is 6.48. The molecule has 0 spiro atoms. The van der Waals surface area contributed by atoms with Crippen molar-refractivity contribution in [2.45, 2.75) is 0 Å². The zero-order chi connectivity index (χ0) is 19.9. The number of carbonyl (C=O) groups is 1. The normalized spacial score (nSPS) is 10.9. The molecule has 2 aromatic carbocycles. The molecule has 10 heteroatoms. The van der Waals surface area contributed by atoms with Gasteiger partial charge in [-0.05, 0) is 24.3 Å². The molecule has 0 saturated heterocycles. The second-order valence-corrected chi connectivity index (χ2v) is 8.62. The van der Waals surface area contributed by atoms with Crippen molar-refractivity contribution in [1.82, 2.24) is 4.98 Å². The molecule has 27 heavy (non-hydrogen) atoms. The van der Waals surface area contributed by atoms with E-state index in [1.54, 1.807) is 6.07 Å². The van der Waals surface area contributed by atoms with Gasteiger partial charge in [0.2, 0.25) is 0 Å². The fourth-order valence-electron chi connectivity index (χ4n) is 2.24. The van der Waals surface area contributed by atoms with Crippen LogP contribution >= 0.6 is 80.9 Å². The average Bonchev–Trinajstić information content (AvgIpc) is 3.05. The lowest BCUT2D eigenvalue weighted by molar-refractivity contribution is 0.0607. The van der Waals surface area contributed by atoms with E-state index in [0.717, 1.165) is 11.3 Å². The second kappa shape index (κ2) is 8.34. The molecule has 0 N–H and O–H groups in total. The average molecular weight is 502 g/mol. The van der Waals surface area contributed by atoms with Crippen LogP contribution in [0.25, 0.3) is 21.8 Å². The van der Waals surface area contributed by atoms with E-state index >= 15 is 0 Å². The number of thiazole rings is 1. The molecule has 0 aliphatic rings. The van der Waals surface area contributed by atoms with E-state index in [0.29, 0.717) is 36.9 Å². The molecule has 1 heterocycles. The van der Waals surface area contributed by atoms with E-state index in [1.165, 1.54) is 25.3 Å². The number of carbonyl (C=O) groups excluding carboxylic acids is 1. The van der Waals surface area contributed by atoms with Crippen LogP contribution in [0.3, 0.4) is 0 Å². The molecule has 1 aromatic heterocycles. The van der Waals surface area contributed by atoms with E-state index in [9.17, 15) is 4.79 Å². The van der Waals surface area contributed by atoms with Gasteiger partial charge < -0.3 is 4.74 Å². The minimum atomic E-state index is -0.577. The summed E-state index contributed by atoms with van der Waals surface area (Å²) >= 11 is 37.8. The van der Waals surface area contributed by atoms with Crippen LogP contribution in [0, 0.1) is 0 Å². The van der Waals surface area contributed by atoms with E-state index in [-0.39, 0.29) is 19.9 Å². The lowest BCUT2D eigenvalue weighted by atomic mass is 10.1. The quantitative estimate of drug-likeness (QED) is 0.268. The molecule has 0 fully saturated rings. The van der Waals surface area contributed by atoms with Crippen molar-refractivity contribution in [2.24, 2.45) is 0 Å². The van der Waals surface area contributed by atoms with Gasteiger partial charge in [0.1, 0.15) is 9.88 Å². The van der Waals surface area contributed by atoms with Crippen LogP contribution in [0.5, 0.6) is 0 Å². The van der Waals surface area contributed by atoms with Crippen LogP contribution in [-0.4, -0.2) is 18.1 Å². The standard InChI is InChI=1S/C17H7Cl6NO2S/c1-26-17(25)15-14(6-2-10(20)12(22)4-8(6)18)24-16(27-15)7-3-11(21)13(23)5-9(7)19/h2-5H,1H3. The maximum Gasteiger partial charge on any atom is 0.350 e. The summed E-state index contributed by atoms with van der Waals surface area (Å²) in [6.07, 6.45) is 0. The summed E-state index contributed by atoms with van der Waals surface area (Å²) in [7, 11) is 1.27. The predicted octanol–water partition coefficient (Wildman–Crippen LogP) is 8.18. The minimum absolute atomic E-state index is 0.231. The lowest BCUT2D eigenvalue weighted by Gasteiger charge is -2.06. The van der Waals surface area contributed by atoms with Gasteiger partial charge in [-0.1, -0.05) is 69.6 Å². The Bertz CT molecular complexity index is 1070. The van der Waals surface area contributed by atoms with Gasteiger partial charge >= 0.3 is 5.97 Å². The van der Waals surface area contributed by atoms with Crippen LogP contribution in [0.1, 0.15) is 9.67 Å². The Morgan fingerprint density at radius 2 is 1.30 bits per heavy atom. The van der Waals surface area contributed by atoms with Gasteiger partial charge in [-0.2, -0.15) is 0 Å². The highest BCUT2D eigenvalue weighted by atomic mass is 35.5. The molecule has 3 rings (SSSR count). The zero-order valence-electron chi connectivity index (χ0n) is 13.2. The Balaban J connectivity index is 2.26. The molecular weight excluding hydrogens is 495 g/mol. The van der Waals surface area contributed by atoms with Crippen molar-refractivity contribution in [3.63, 3.8) is 0 Å². The first-order chi connectivity index (χ1) is 12.7. The number of ether oxygens (including phenoxy) is 1. The van der Waals surface area contributed by atoms with Crippen molar-refractivity contribution in [3.05, 3.63) is 59.3 Å². The summed E-state index contributed by atoms with van der Waals surface area (Å²) in [6, 6.07) is 6.10. The first-order valence-electron chi connectivity index (χ1n) is 7.12. The third-order valence-corrected chi connectivity index (χ3v) is 6.64. The summed E-state index contributed by atoms with van der Waals surface area (Å²) in [5.74, 6) is -0.577. The Morgan fingerprint density at radius 3 is 1.85 bits per heavy atom. The number of aromatic nitrogens is 1. The summed E-state index contributed by atoms with van der Waals surface area (Å²) < 4.78 is 4.86. The SMILES string of the molecule is COC(=O)c1sc(-c2cc(Cl)c(Cl)cc2Cl)nc1-c1cc(Cl)c(Cl)cc1Cl. The topological polar surface area (TPSA) is 39.2 Å². The number of hydrogen-bond acceptors (Lipinski definition) is 4. The Labute approximate surface area is 188 Å². The second-order valence-electron chi connectivity index (χ2n) is 5.18. The van der Waals surface area contributed by atoms with Crippen LogP contribution < -0.4 is 0 Å². The number of halogens is 6. The summed E-state index contributed by atoms with van der Waals surface area (Å²) in [5.41, 5.74) is 1.25. The summed E-state index contributed by atoms with van der Waals surface area (Å²) in [4.78, 5) is 17.0. The maximum atomic E-state index is 12.3. The molecule has 0 aliphatic carbocycles. The molecule has 3 aromatic rings. The molecule has 0 amide bonds. The van der Waals surface area contributed by atoms with Crippen molar-refractivity contribution in [3.8, 4) is 21.8 Å². The number of rotatable bonds is 3. The molecule has 0 radical (unpaired) electrons. The Morgan fingerprint density at radius 1 is 0.815 bits per heavy atom. The molecular formula is C17H7Cl6NO2S. The molecule has 0 atom stereocenters. The number of nitrogens with zero attached hydrogens (tertiary/aromatic N) is 1. The third-order valence-electron chi connectivity index (χ3n) is 3.50. The van der Waals surface area contributed by atoms with Crippen LogP contribution in [-0.2, 0) is 4.74 Å².